The zero-order valence-electron chi connectivity index (χ0n) is 16.4. The summed E-state index contributed by atoms with van der Waals surface area (Å²) in [6.07, 6.45) is 0. The summed E-state index contributed by atoms with van der Waals surface area (Å²) in [6.45, 7) is 0.0531. The number of rotatable bonds is 8. The molecule has 2 amide bonds. The molecule has 0 bridgehead atoms. The van der Waals surface area contributed by atoms with Crippen LogP contribution in [0.4, 0.5) is 5.69 Å². The van der Waals surface area contributed by atoms with Crippen molar-refractivity contribution in [1.82, 2.24) is 10.6 Å². The fraction of sp³-hybridized carbons (Fsp3) is 0.263. The molecular formula is C19H21N3O7. The average molecular weight is 403 g/mol. The lowest BCUT2D eigenvalue weighted by Crippen LogP contribution is -2.24. The first-order valence-corrected chi connectivity index (χ1v) is 8.44. The summed E-state index contributed by atoms with van der Waals surface area (Å²) in [6, 6.07) is 7.86. The van der Waals surface area contributed by atoms with Gasteiger partial charge in [0, 0.05) is 25.2 Å². The summed E-state index contributed by atoms with van der Waals surface area (Å²) in [7, 11) is 5.40. The molecular weight excluding hydrogens is 382 g/mol. The maximum atomic E-state index is 12.7. The number of methoxy groups -OCH3 is 3. The van der Waals surface area contributed by atoms with Crippen LogP contribution in [0.2, 0.25) is 0 Å². The zero-order chi connectivity index (χ0) is 21.6. The Morgan fingerprint density at radius 3 is 2.28 bits per heavy atom. The zero-order valence-corrected chi connectivity index (χ0v) is 16.4. The molecule has 0 spiro atoms. The van der Waals surface area contributed by atoms with Gasteiger partial charge in [0.05, 0.1) is 26.3 Å². The predicted octanol–water partition coefficient (Wildman–Crippen LogP) is 1.91. The lowest BCUT2D eigenvalue weighted by atomic mass is 10.1. The average Bonchev–Trinajstić information content (AvgIpc) is 2.74. The van der Waals surface area contributed by atoms with E-state index in [4.69, 9.17) is 14.2 Å². The van der Waals surface area contributed by atoms with Crippen molar-refractivity contribution in [2.24, 2.45) is 0 Å². The molecule has 2 N–H and O–H groups in total. The number of amides is 2. The fourth-order valence-corrected chi connectivity index (χ4v) is 2.74. The minimum atomic E-state index is -0.720. The van der Waals surface area contributed by atoms with Gasteiger partial charge in [0.15, 0.2) is 5.75 Å². The topological polar surface area (TPSA) is 129 Å². The summed E-state index contributed by atoms with van der Waals surface area (Å²) < 4.78 is 15.4. The van der Waals surface area contributed by atoms with Crippen LogP contribution in [0.5, 0.6) is 17.2 Å². The number of hydrogen-bond donors (Lipinski definition) is 2. The third kappa shape index (κ3) is 4.54. The van der Waals surface area contributed by atoms with Gasteiger partial charge < -0.3 is 24.8 Å². The Hall–Kier alpha value is -3.82. The number of carbonyl (C=O) groups is 2. The van der Waals surface area contributed by atoms with Crippen molar-refractivity contribution >= 4 is 17.5 Å². The Morgan fingerprint density at radius 1 is 1.03 bits per heavy atom. The van der Waals surface area contributed by atoms with Crippen molar-refractivity contribution < 1.29 is 28.7 Å². The van der Waals surface area contributed by atoms with Crippen LogP contribution in [0.3, 0.4) is 0 Å². The molecule has 0 unspecified atom stereocenters. The Kier molecular flexibility index (Phi) is 6.96. The molecule has 2 aromatic carbocycles. The molecule has 154 valence electrons. The molecule has 0 aliphatic carbocycles. The van der Waals surface area contributed by atoms with E-state index in [1.54, 1.807) is 24.3 Å². The van der Waals surface area contributed by atoms with Crippen LogP contribution in [-0.2, 0) is 6.54 Å². The van der Waals surface area contributed by atoms with Gasteiger partial charge in [-0.2, -0.15) is 0 Å². The van der Waals surface area contributed by atoms with E-state index < -0.39 is 16.5 Å². The van der Waals surface area contributed by atoms with E-state index in [0.29, 0.717) is 11.1 Å². The molecule has 0 radical (unpaired) electrons. The maximum Gasteiger partial charge on any atom is 0.327 e. The van der Waals surface area contributed by atoms with Crippen molar-refractivity contribution in [2.75, 3.05) is 28.4 Å². The highest BCUT2D eigenvalue weighted by molar-refractivity contribution is 6.00. The molecule has 2 aromatic rings. The number of nitro groups is 1. The Balaban J connectivity index is 2.38. The normalized spacial score (nSPS) is 10.1. The molecule has 0 saturated carbocycles. The molecule has 10 heteroatoms. The molecule has 2 rings (SSSR count). The summed E-state index contributed by atoms with van der Waals surface area (Å²) >= 11 is 0. The first-order chi connectivity index (χ1) is 13.9. The van der Waals surface area contributed by atoms with Crippen LogP contribution in [0, 0.1) is 10.1 Å². The fourth-order valence-electron chi connectivity index (χ4n) is 2.74. The number of carbonyl (C=O) groups excluding carboxylic acids is 2. The largest absolute Gasteiger partial charge is 0.493 e. The molecule has 10 nitrogen and oxygen atoms in total. The van der Waals surface area contributed by atoms with Crippen molar-refractivity contribution in [3.8, 4) is 17.2 Å². The van der Waals surface area contributed by atoms with Crippen LogP contribution < -0.4 is 24.8 Å². The number of hydrogen-bond acceptors (Lipinski definition) is 7. The molecule has 0 aliphatic heterocycles. The van der Waals surface area contributed by atoms with Gasteiger partial charge in [0.2, 0.25) is 11.5 Å². The second-order valence-electron chi connectivity index (χ2n) is 5.76. The molecule has 0 fully saturated rings. The van der Waals surface area contributed by atoms with Gasteiger partial charge in [-0.3, -0.25) is 19.7 Å². The smallest absolute Gasteiger partial charge is 0.327 e. The Bertz CT molecular complexity index is 944. The number of nitro benzene ring substituents is 1. The molecule has 0 heterocycles. The highest BCUT2D eigenvalue weighted by Crippen LogP contribution is 2.46. The van der Waals surface area contributed by atoms with Gasteiger partial charge in [0.25, 0.3) is 11.8 Å². The van der Waals surface area contributed by atoms with E-state index in [-0.39, 0.29) is 35.3 Å². The highest BCUT2D eigenvalue weighted by Gasteiger charge is 2.32. The number of nitrogens with one attached hydrogen (secondary N) is 2. The van der Waals surface area contributed by atoms with E-state index >= 15 is 0 Å². The molecule has 0 aromatic heterocycles. The minimum Gasteiger partial charge on any atom is -0.493 e. The van der Waals surface area contributed by atoms with Gasteiger partial charge >= 0.3 is 5.69 Å². The first kappa shape index (κ1) is 21.5. The van der Waals surface area contributed by atoms with Crippen LogP contribution in [0.15, 0.2) is 30.3 Å². The number of ether oxygens (including phenoxy) is 3. The third-order valence-electron chi connectivity index (χ3n) is 4.10. The summed E-state index contributed by atoms with van der Waals surface area (Å²) in [5, 5.41) is 16.7. The third-order valence-corrected chi connectivity index (χ3v) is 4.10. The standard InChI is InChI=1S/C19H21N3O7/c1-20-18(23)12-7-5-6-11(8-12)10-21-19(24)13-9-14(27-2)16(28-3)17(29-4)15(13)22(25)26/h5-9H,10H2,1-4H3,(H,20,23)(H,21,24). The Morgan fingerprint density at radius 2 is 1.72 bits per heavy atom. The van der Waals surface area contributed by atoms with E-state index in [1.165, 1.54) is 34.4 Å². The SMILES string of the molecule is CNC(=O)c1cccc(CNC(=O)c2cc(OC)c(OC)c(OC)c2[N+](=O)[O-])c1. The predicted molar refractivity (Wildman–Crippen MR) is 104 cm³/mol. The van der Waals surface area contributed by atoms with E-state index in [0.717, 1.165) is 0 Å². The van der Waals surface area contributed by atoms with Gasteiger partial charge in [-0.25, -0.2) is 0 Å². The summed E-state index contributed by atoms with van der Waals surface area (Å²) in [5.74, 6) is -1.07. The van der Waals surface area contributed by atoms with E-state index in [9.17, 15) is 19.7 Å². The summed E-state index contributed by atoms with van der Waals surface area (Å²) in [4.78, 5) is 35.3. The van der Waals surface area contributed by atoms with Crippen LogP contribution in [0.25, 0.3) is 0 Å². The Labute approximate surface area is 166 Å². The number of nitrogens with zero attached hydrogens (tertiary/aromatic N) is 1. The molecule has 0 saturated heterocycles. The van der Waals surface area contributed by atoms with E-state index in [2.05, 4.69) is 10.6 Å². The quantitative estimate of drug-likeness (QED) is 0.509. The van der Waals surface area contributed by atoms with Gasteiger partial charge in [-0.15, -0.1) is 0 Å². The lowest BCUT2D eigenvalue weighted by Gasteiger charge is -2.15. The van der Waals surface area contributed by atoms with Gasteiger partial charge in [-0.1, -0.05) is 12.1 Å². The second-order valence-corrected chi connectivity index (χ2v) is 5.76. The van der Waals surface area contributed by atoms with Crippen molar-refractivity contribution in [1.29, 1.82) is 0 Å². The first-order valence-electron chi connectivity index (χ1n) is 8.44. The van der Waals surface area contributed by atoms with Crippen LogP contribution in [0.1, 0.15) is 26.3 Å². The summed E-state index contributed by atoms with van der Waals surface area (Å²) in [5.41, 5.74) is 0.293. The molecule has 29 heavy (non-hydrogen) atoms. The van der Waals surface area contributed by atoms with Crippen LogP contribution in [-0.4, -0.2) is 45.1 Å². The lowest BCUT2D eigenvalue weighted by molar-refractivity contribution is -0.386. The van der Waals surface area contributed by atoms with E-state index in [1.807, 2.05) is 0 Å². The monoisotopic (exact) mass is 403 g/mol. The highest BCUT2D eigenvalue weighted by atomic mass is 16.6. The maximum absolute atomic E-state index is 12.7. The minimum absolute atomic E-state index is 0.0107. The molecule has 0 atom stereocenters. The van der Waals surface area contributed by atoms with Gasteiger partial charge in [0.1, 0.15) is 5.56 Å². The second kappa shape index (κ2) is 9.40. The van der Waals surface area contributed by atoms with Crippen molar-refractivity contribution in [3.63, 3.8) is 0 Å². The molecule has 0 aliphatic rings. The van der Waals surface area contributed by atoms with Gasteiger partial charge in [-0.05, 0) is 17.7 Å². The van der Waals surface area contributed by atoms with Crippen LogP contribution >= 0.6 is 0 Å². The number of benzene rings is 2. The van der Waals surface area contributed by atoms with Crippen molar-refractivity contribution in [2.45, 2.75) is 6.54 Å². The van der Waals surface area contributed by atoms with Crippen molar-refractivity contribution in [3.05, 3.63) is 57.1 Å².